The Balaban J connectivity index is 2.08. The summed E-state index contributed by atoms with van der Waals surface area (Å²) in [7, 11) is -3.39. The molecule has 4 nitrogen and oxygen atoms in total. The fourth-order valence-corrected chi connectivity index (χ4v) is 4.37. The summed E-state index contributed by atoms with van der Waals surface area (Å²) in [5, 5.41) is 0.326. The number of halogens is 1. The van der Waals surface area contributed by atoms with E-state index in [0.29, 0.717) is 16.4 Å². The Bertz CT molecular complexity index is 519. The van der Waals surface area contributed by atoms with E-state index in [-0.39, 0.29) is 11.7 Å². The van der Waals surface area contributed by atoms with Crippen molar-refractivity contribution in [2.45, 2.75) is 32.1 Å². The molecule has 0 bridgehead atoms. The molecule has 0 saturated heterocycles. The molecular formula is C13H19ClN2O2S. The van der Waals surface area contributed by atoms with E-state index < -0.39 is 10.0 Å². The lowest BCUT2D eigenvalue weighted by Gasteiger charge is -2.22. The van der Waals surface area contributed by atoms with Gasteiger partial charge in [-0.1, -0.05) is 36.9 Å². The van der Waals surface area contributed by atoms with E-state index in [4.69, 9.17) is 17.3 Å². The first-order valence-corrected chi connectivity index (χ1v) is 8.55. The van der Waals surface area contributed by atoms with Gasteiger partial charge in [0.25, 0.3) is 0 Å². The summed E-state index contributed by atoms with van der Waals surface area (Å²) in [5.74, 6) is 0.396. The molecule has 1 saturated carbocycles. The number of nitrogens with two attached hydrogens (primary N) is 1. The smallest absolute Gasteiger partial charge is 0.233 e. The molecule has 19 heavy (non-hydrogen) atoms. The summed E-state index contributed by atoms with van der Waals surface area (Å²) < 4.78 is 26.8. The van der Waals surface area contributed by atoms with E-state index in [9.17, 15) is 8.42 Å². The van der Waals surface area contributed by atoms with E-state index in [1.54, 1.807) is 18.2 Å². The Hall–Kier alpha value is -0.940. The fourth-order valence-electron chi connectivity index (χ4n) is 2.51. The van der Waals surface area contributed by atoms with Gasteiger partial charge in [0.05, 0.1) is 22.2 Å². The zero-order valence-corrected chi connectivity index (χ0v) is 12.3. The summed E-state index contributed by atoms with van der Waals surface area (Å²) in [4.78, 5) is 0. The van der Waals surface area contributed by atoms with Crippen LogP contribution in [-0.4, -0.2) is 14.2 Å². The molecule has 0 aromatic heterocycles. The Morgan fingerprint density at radius 1 is 1.26 bits per heavy atom. The molecule has 0 aliphatic heterocycles. The van der Waals surface area contributed by atoms with Gasteiger partial charge in [0.2, 0.25) is 10.0 Å². The molecule has 2 rings (SSSR count). The summed E-state index contributed by atoms with van der Waals surface area (Å²) in [6.45, 7) is 0. The highest BCUT2D eigenvalue weighted by atomic mass is 35.5. The van der Waals surface area contributed by atoms with Crippen molar-refractivity contribution in [3.63, 3.8) is 0 Å². The van der Waals surface area contributed by atoms with E-state index in [2.05, 4.69) is 4.72 Å². The summed E-state index contributed by atoms with van der Waals surface area (Å²) in [5.41, 5.74) is 6.39. The third-order valence-corrected chi connectivity index (χ3v) is 5.22. The zero-order valence-electron chi connectivity index (χ0n) is 10.7. The highest BCUT2D eigenvalue weighted by Crippen LogP contribution is 2.30. The minimum atomic E-state index is -3.39. The van der Waals surface area contributed by atoms with Crippen molar-refractivity contribution >= 4 is 33.0 Å². The number of hydrogen-bond donors (Lipinski definition) is 2. The van der Waals surface area contributed by atoms with Crippen LogP contribution in [0.3, 0.4) is 0 Å². The quantitative estimate of drug-likeness (QED) is 0.839. The highest BCUT2D eigenvalue weighted by molar-refractivity contribution is 7.92. The molecule has 0 radical (unpaired) electrons. The topological polar surface area (TPSA) is 72.2 Å². The lowest BCUT2D eigenvalue weighted by atomic mass is 9.91. The van der Waals surface area contributed by atoms with Crippen molar-refractivity contribution in [2.24, 2.45) is 5.92 Å². The Morgan fingerprint density at radius 2 is 1.95 bits per heavy atom. The van der Waals surface area contributed by atoms with Crippen LogP contribution in [0.4, 0.5) is 11.4 Å². The van der Waals surface area contributed by atoms with Crippen LogP contribution in [0.15, 0.2) is 18.2 Å². The fraction of sp³-hybridized carbons (Fsp3) is 0.538. The van der Waals surface area contributed by atoms with Crippen LogP contribution in [0.25, 0.3) is 0 Å². The number of anilines is 2. The van der Waals surface area contributed by atoms with Crippen molar-refractivity contribution in [2.75, 3.05) is 16.2 Å². The predicted molar refractivity (Wildman–Crippen MR) is 79.8 cm³/mol. The molecule has 0 atom stereocenters. The van der Waals surface area contributed by atoms with Gasteiger partial charge in [0.15, 0.2) is 0 Å². The predicted octanol–water partition coefficient (Wildman–Crippen LogP) is 3.24. The third-order valence-electron chi connectivity index (χ3n) is 3.48. The van der Waals surface area contributed by atoms with Gasteiger partial charge in [-0.15, -0.1) is 0 Å². The van der Waals surface area contributed by atoms with Crippen molar-refractivity contribution in [3.8, 4) is 0 Å². The number of nitrogen functional groups attached to an aromatic ring is 1. The van der Waals surface area contributed by atoms with E-state index >= 15 is 0 Å². The largest absolute Gasteiger partial charge is 0.397 e. The highest BCUT2D eigenvalue weighted by Gasteiger charge is 2.22. The van der Waals surface area contributed by atoms with E-state index in [1.165, 1.54) is 6.42 Å². The van der Waals surface area contributed by atoms with Crippen LogP contribution < -0.4 is 10.5 Å². The molecule has 1 aliphatic rings. The average molecular weight is 303 g/mol. The minimum Gasteiger partial charge on any atom is -0.397 e. The minimum absolute atomic E-state index is 0.150. The van der Waals surface area contributed by atoms with Crippen LogP contribution >= 0.6 is 11.6 Å². The maximum atomic E-state index is 12.1. The monoisotopic (exact) mass is 302 g/mol. The molecule has 0 heterocycles. The van der Waals surface area contributed by atoms with Crippen molar-refractivity contribution < 1.29 is 8.42 Å². The molecular weight excluding hydrogens is 284 g/mol. The SMILES string of the molecule is Nc1cccc(Cl)c1NS(=O)(=O)CC1CCCCC1. The Kier molecular flexibility index (Phi) is 4.58. The second-order valence-corrected chi connectivity index (χ2v) is 7.27. The lowest BCUT2D eigenvalue weighted by Crippen LogP contribution is -2.24. The standard InChI is InChI=1S/C13H19ClN2O2S/c14-11-7-4-8-12(15)13(11)16-19(17,18)9-10-5-2-1-3-6-10/h4,7-8,10,16H,1-3,5-6,9,15H2. The van der Waals surface area contributed by atoms with Gasteiger partial charge in [-0.3, -0.25) is 4.72 Å². The van der Waals surface area contributed by atoms with Crippen LogP contribution in [0.2, 0.25) is 5.02 Å². The molecule has 1 aliphatic carbocycles. The van der Waals surface area contributed by atoms with Gasteiger partial charge in [0.1, 0.15) is 0 Å². The van der Waals surface area contributed by atoms with Crippen molar-refractivity contribution in [1.82, 2.24) is 0 Å². The van der Waals surface area contributed by atoms with E-state index in [0.717, 1.165) is 25.7 Å². The summed E-state index contributed by atoms with van der Waals surface area (Å²) in [6, 6.07) is 4.94. The second-order valence-electron chi connectivity index (χ2n) is 5.09. The van der Waals surface area contributed by atoms with Crippen molar-refractivity contribution in [3.05, 3.63) is 23.2 Å². The molecule has 1 fully saturated rings. The maximum Gasteiger partial charge on any atom is 0.233 e. The van der Waals surface area contributed by atoms with Gasteiger partial charge < -0.3 is 5.73 Å². The number of benzene rings is 1. The molecule has 0 amide bonds. The summed E-state index contributed by atoms with van der Waals surface area (Å²) in [6.07, 6.45) is 5.42. The van der Waals surface area contributed by atoms with Crippen LogP contribution in [0.5, 0.6) is 0 Å². The molecule has 3 N–H and O–H groups in total. The van der Waals surface area contributed by atoms with Crippen LogP contribution in [-0.2, 0) is 10.0 Å². The Morgan fingerprint density at radius 3 is 2.58 bits per heavy atom. The molecule has 0 spiro atoms. The molecule has 106 valence electrons. The lowest BCUT2D eigenvalue weighted by molar-refractivity contribution is 0.385. The van der Waals surface area contributed by atoms with Gasteiger partial charge in [-0.2, -0.15) is 0 Å². The first-order valence-electron chi connectivity index (χ1n) is 6.52. The first kappa shape index (κ1) is 14.5. The first-order chi connectivity index (χ1) is 8.98. The van der Waals surface area contributed by atoms with Crippen molar-refractivity contribution in [1.29, 1.82) is 0 Å². The average Bonchev–Trinajstić information content (AvgIpc) is 2.35. The maximum absolute atomic E-state index is 12.1. The molecule has 1 aromatic rings. The number of nitrogens with one attached hydrogen (secondary N) is 1. The summed E-state index contributed by atoms with van der Waals surface area (Å²) >= 11 is 5.97. The van der Waals surface area contributed by atoms with Gasteiger partial charge in [-0.05, 0) is 30.9 Å². The normalized spacial score (nSPS) is 17.3. The number of para-hydroxylation sites is 1. The number of hydrogen-bond acceptors (Lipinski definition) is 3. The Labute approximate surface area is 119 Å². The van der Waals surface area contributed by atoms with Gasteiger partial charge in [0, 0.05) is 0 Å². The van der Waals surface area contributed by atoms with E-state index in [1.807, 2.05) is 0 Å². The van der Waals surface area contributed by atoms with Gasteiger partial charge in [-0.25, -0.2) is 8.42 Å². The zero-order chi connectivity index (χ0) is 13.9. The molecule has 0 unspecified atom stereocenters. The van der Waals surface area contributed by atoms with Crippen LogP contribution in [0, 0.1) is 5.92 Å². The van der Waals surface area contributed by atoms with Gasteiger partial charge >= 0.3 is 0 Å². The molecule has 1 aromatic carbocycles. The third kappa shape index (κ3) is 4.01. The second kappa shape index (κ2) is 6.01. The van der Waals surface area contributed by atoms with Crippen LogP contribution in [0.1, 0.15) is 32.1 Å². The molecule has 6 heteroatoms. The number of rotatable bonds is 4. The number of sulfonamides is 1.